The van der Waals surface area contributed by atoms with Crippen molar-refractivity contribution in [3.63, 3.8) is 0 Å². The fraction of sp³-hybridized carbons (Fsp3) is 0. The van der Waals surface area contributed by atoms with E-state index < -0.39 is 0 Å². The highest BCUT2D eigenvalue weighted by molar-refractivity contribution is 9.10. The first-order valence-electron chi connectivity index (χ1n) is 6.57. The number of fused-ring (bicyclic) bond motifs is 1. The topological polar surface area (TPSA) is 30.2 Å². The van der Waals surface area contributed by atoms with E-state index in [-0.39, 0.29) is 5.82 Å². The predicted octanol–water partition coefficient (Wildman–Crippen LogP) is 5.03. The third-order valence-corrected chi connectivity index (χ3v) is 4.74. The van der Waals surface area contributed by atoms with Crippen molar-refractivity contribution in [2.24, 2.45) is 0 Å². The van der Waals surface area contributed by atoms with Crippen LogP contribution in [0.4, 0.5) is 4.39 Å². The van der Waals surface area contributed by atoms with Crippen molar-refractivity contribution < 1.29 is 4.39 Å². The average Bonchev–Trinajstić information content (AvgIpc) is 3.11. The van der Waals surface area contributed by atoms with Crippen LogP contribution in [-0.2, 0) is 0 Å². The summed E-state index contributed by atoms with van der Waals surface area (Å²) in [6.07, 6.45) is 0. The molecule has 0 amide bonds. The molecule has 0 atom stereocenters. The lowest BCUT2D eigenvalue weighted by Crippen LogP contribution is -1.91. The molecule has 0 saturated heterocycles. The lowest BCUT2D eigenvalue weighted by atomic mass is 10.1. The van der Waals surface area contributed by atoms with Gasteiger partial charge in [-0.25, -0.2) is 4.39 Å². The molecule has 2 aromatic heterocycles. The summed E-state index contributed by atoms with van der Waals surface area (Å²) >= 11 is 4.98. The first-order valence-corrected chi connectivity index (χ1v) is 8.24. The Morgan fingerprint density at radius 2 is 1.59 bits per heavy atom. The molecule has 22 heavy (non-hydrogen) atoms. The van der Waals surface area contributed by atoms with Gasteiger partial charge in [0.25, 0.3) is 0 Å². The molecule has 0 N–H and O–H groups in total. The molecule has 4 aromatic rings. The Labute approximate surface area is 138 Å². The smallest absolute Gasteiger partial charge is 0.216 e. The number of aromatic nitrogens is 3. The third kappa shape index (κ3) is 2.24. The van der Waals surface area contributed by atoms with Gasteiger partial charge in [0, 0.05) is 15.4 Å². The van der Waals surface area contributed by atoms with Crippen molar-refractivity contribution in [3.05, 3.63) is 64.2 Å². The highest BCUT2D eigenvalue weighted by Crippen LogP contribution is 2.30. The monoisotopic (exact) mass is 373 g/mol. The first kappa shape index (κ1) is 13.6. The van der Waals surface area contributed by atoms with E-state index in [0.29, 0.717) is 5.82 Å². The average molecular weight is 374 g/mol. The Balaban J connectivity index is 1.92. The van der Waals surface area contributed by atoms with Crippen molar-refractivity contribution in [3.8, 4) is 22.6 Å². The van der Waals surface area contributed by atoms with Crippen LogP contribution < -0.4 is 0 Å². The number of halogens is 2. The molecule has 0 bridgehead atoms. The van der Waals surface area contributed by atoms with Crippen LogP contribution in [0.5, 0.6) is 0 Å². The van der Waals surface area contributed by atoms with Crippen molar-refractivity contribution in [2.45, 2.75) is 0 Å². The summed E-state index contributed by atoms with van der Waals surface area (Å²) in [5.74, 6) is 0.456. The summed E-state index contributed by atoms with van der Waals surface area (Å²) in [5.41, 5.74) is 2.94. The van der Waals surface area contributed by atoms with E-state index in [0.717, 1.165) is 26.3 Å². The third-order valence-electron chi connectivity index (χ3n) is 3.39. The molecule has 3 nitrogen and oxygen atoms in total. The molecular formula is C16H9BrFN3S. The van der Waals surface area contributed by atoms with E-state index in [9.17, 15) is 4.39 Å². The standard InChI is InChI=1S/C16H9BrFN3S/c17-12-5-1-10(2-6-12)14-9-22-16-20-19-15(21(14)16)11-3-7-13(18)8-4-11/h1-9H. The summed E-state index contributed by atoms with van der Waals surface area (Å²) < 4.78 is 16.2. The molecule has 0 saturated carbocycles. The quantitative estimate of drug-likeness (QED) is 0.493. The molecule has 0 unspecified atom stereocenters. The zero-order valence-electron chi connectivity index (χ0n) is 11.2. The van der Waals surface area contributed by atoms with E-state index in [4.69, 9.17) is 0 Å². The van der Waals surface area contributed by atoms with Gasteiger partial charge in [-0.2, -0.15) is 0 Å². The Hall–Kier alpha value is -2.05. The second-order valence-corrected chi connectivity index (χ2v) is 6.53. The Kier molecular flexibility index (Phi) is 3.28. The van der Waals surface area contributed by atoms with Crippen molar-refractivity contribution in [1.29, 1.82) is 0 Å². The second kappa shape index (κ2) is 5.30. The Morgan fingerprint density at radius 1 is 0.909 bits per heavy atom. The van der Waals surface area contributed by atoms with Gasteiger partial charge in [0.05, 0.1) is 5.69 Å². The molecule has 0 aliphatic carbocycles. The maximum Gasteiger partial charge on any atom is 0.216 e. The van der Waals surface area contributed by atoms with Gasteiger partial charge in [-0.05, 0) is 42.0 Å². The highest BCUT2D eigenvalue weighted by Gasteiger charge is 2.14. The fourth-order valence-electron chi connectivity index (χ4n) is 2.33. The molecule has 4 rings (SSSR count). The van der Waals surface area contributed by atoms with Crippen LogP contribution in [0, 0.1) is 5.82 Å². The van der Waals surface area contributed by atoms with E-state index in [1.54, 1.807) is 12.1 Å². The molecule has 2 aromatic carbocycles. The van der Waals surface area contributed by atoms with Crippen LogP contribution in [0.2, 0.25) is 0 Å². The number of rotatable bonds is 2. The van der Waals surface area contributed by atoms with Gasteiger partial charge in [0.2, 0.25) is 4.96 Å². The normalized spacial score (nSPS) is 11.2. The van der Waals surface area contributed by atoms with E-state index in [1.807, 2.05) is 28.7 Å². The summed E-state index contributed by atoms with van der Waals surface area (Å²) in [5, 5.41) is 10.5. The summed E-state index contributed by atoms with van der Waals surface area (Å²) in [7, 11) is 0. The number of hydrogen-bond acceptors (Lipinski definition) is 3. The van der Waals surface area contributed by atoms with Gasteiger partial charge in [-0.1, -0.05) is 28.1 Å². The zero-order chi connectivity index (χ0) is 15.1. The SMILES string of the molecule is Fc1ccc(-c2nnc3scc(-c4ccc(Br)cc4)n23)cc1. The van der Waals surface area contributed by atoms with Crippen LogP contribution in [0.3, 0.4) is 0 Å². The minimum Gasteiger partial charge on any atom is -0.265 e. The Bertz CT molecular complexity index is 867. The summed E-state index contributed by atoms with van der Waals surface area (Å²) in [4.78, 5) is 0.817. The van der Waals surface area contributed by atoms with E-state index in [1.165, 1.54) is 23.5 Å². The first-order chi connectivity index (χ1) is 10.7. The van der Waals surface area contributed by atoms with Crippen molar-refractivity contribution in [2.75, 3.05) is 0 Å². The van der Waals surface area contributed by atoms with Gasteiger partial charge in [-0.3, -0.25) is 4.40 Å². The lowest BCUT2D eigenvalue weighted by molar-refractivity contribution is 0.628. The number of hydrogen-bond donors (Lipinski definition) is 0. The van der Waals surface area contributed by atoms with Gasteiger partial charge < -0.3 is 0 Å². The fourth-order valence-corrected chi connectivity index (χ4v) is 3.43. The maximum absolute atomic E-state index is 13.1. The van der Waals surface area contributed by atoms with Crippen LogP contribution in [0.25, 0.3) is 27.6 Å². The highest BCUT2D eigenvalue weighted by atomic mass is 79.9. The zero-order valence-corrected chi connectivity index (χ0v) is 13.6. The molecule has 0 aliphatic rings. The largest absolute Gasteiger partial charge is 0.265 e. The molecule has 0 fully saturated rings. The molecular weight excluding hydrogens is 365 g/mol. The van der Waals surface area contributed by atoms with Crippen LogP contribution >= 0.6 is 27.3 Å². The van der Waals surface area contributed by atoms with Gasteiger partial charge >= 0.3 is 0 Å². The van der Waals surface area contributed by atoms with Gasteiger partial charge in [-0.15, -0.1) is 21.5 Å². The molecule has 2 heterocycles. The van der Waals surface area contributed by atoms with E-state index >= 15 is 0 Å². The molecule has 0 radical (unpaired) electrons. The van der Waals surface area contributed by atoms with Crippen molar-refractivity contribution >= 4 is 32.2 Å². The van der Waals surface area contributed by atoms with E-state index in [2.05, 4.69) is 31.5 Å². The minimum atomic E-state index is -0.261. The maximum atomic E-state index is 13.1. The predicted molar refractivity (Wildman–Crippen MR) is 89.4 cm³/mol. The van der Waals surface area contributed by atoms with Gasteiger partial charge in [0.1, 0.15) is 5.82 Å². The summed E-state index contributed by atoms with van der Waals surface area (Å²) in [6, 6.07) is 14.4. The molecule has 0 spiro atoms. The number of benzene rings is 2. The Morgan fingerprint density at radius 3 is 2.32 bits per heavy atom. The molecule has 6 heteroatoms. The number of thiazole rings is 1. The summed E-state index contributed by atoms with van der Waals surface area (Å²) in [6.45, 7) is 0. The lowest BCUT2D eigenvalue weighted by Gasteiger charge is -2.03. The minimum absolute atomic E-state index is 0.261. The van der Waals surface area contributed by atoms with Crippen LogP contribution in [0.15, 0.2) is 58.4 Å². The second-order valence-electron chi connectivity index (χ2n) is 4.78. The van der Waals surface area contributed by atoms with Gasteiger partial charge in [0.15, 0.2) is 5.82 Å². The van der Waals surface area contributed by atoms with Crippen LogP contribution in [-0.4, -0.2) is 14.6 Å². The van der Waals surface area contributed by atoms with Crippen molar-refractivity contribution in [1.82, 2.24) is 14.6 Å². The number of nitrogens with zero attached hydrogens (tertiary/aromatic N) is 3. The molecule has 108 valence electrons. The van der Waals surface area contributed by atoms with Crippen LogP contribution in [0.1, 0.15) is 0 Å². The molecule has 0 aliphatic heterocycles.